The number of amides is 1. The zero-order valence-corrected chi connectivity index (χ0v) is 15.4. The van der Waals surface area contributed by atoms with Crippen molar-refractivity contribution < 1.29 is 9.18 Å². The lowest BCUT2D eigenvalue weighted by Gasteiger charge is -2.36. The fourth-order valence-corrected chi connectivity index (χ4v) is 3.27. The summed E-state index contributed by atoms with van der Waals surface area (Å²) in [5.74, 6) is 0.186. The minimum Gasteiger partial charge on any atom is -0.369 e. The normalized spacial score (nSPS) is 15.3. The second kappa shape index (κ2) is 8.32. The number of hydrogen-bond donors (Lipinski definition) is 1. The van der Waals surface area contributed by atoms with Crippen molar-refractivity contribution in [3.05, 3.63) is 59.9 Å². The summed E-state index contributed by atoms with van der Waals surface area (Å²) < 4.78 is 12.9. The summed E-state index contributed by atoms with van der Waals surface area (Å²) in [7, 11) is 0. The van der Waals surface area contributed by atoms with Crippen LogP contribution in [0, 0.1) is 11.7 Å². The van der Waals surface area contributed by atoms with Gasteiger partial charge in [-0.2, -0.15) is 0 Å². The van der Waals surface area contributed by atoms with Crippen LogP contribution in [0.5, 0.6) is 0 Å². The number of carbonyl (C=O) groups is 1. The Labute approximate surface area is 154 Å². The van der Waals surface area contributed by atoms with E-state index in [0.29, 0.717) is 17.2 Å². The van der Waals surface area contributed by atoms with Crippen LogP contribution in [0.3, 0.4) is 0 Å². The minimum absolute atomic E-state index is 0.190. The van der Waals surface area contributed by atoms with E-state index in [9.17, 15) is 9.18 Å². The van der Waals surface area contributed by atoms with E-state index in [1.165, 1.54) is 12.1 Å². The van der Waals surface area contributed by atoms with Gasteiger partial charge in [-0.05, 0) is 54.4 Å². The second-order valence-electron chi connectivity index (χ2n) is 7.19. The van der Waals surface area contributed by atoms with Crippen molar-refractivity contribution in [2.75, 3.05) is 42.9 Å². The van der Waals surface area contributed by atoms with Crippen molar-refractivity contribution in [1.29, 1.82) is 0 Å². The third-order valence-electron chi connectivity index (χ3n) is 4.59. The van der Waals surface area contributed by atoms with Gasteiger partial charge in [0, 0.05) is 49.7 Å². The maximum absolute atomic E-state index is 12.9. The Bertz CT molecular complexity index is 720. The number of halogens is 1. The predicted octanol–water partition coefficient (Wildman–Crippen LogP) is 3.86. The molecule has 1 aliphatic heterocycles. The molecule has 0 atom stereocenters. The zero-order valence-electron chi connectivity index (χ0n) is 15.4. The Morgan fingerprint density at radius 1 is 1.00 bits per heavy atom. The summed E-state index contributed by atoms with van der Waals surface area (Å²) >= 11 is 0. The SMILES string of the molecule is CC(C)CN1CCN(c2ccc(C(=O)Nc3ccc(F)cc3)cc2)CC1. The van der Waals surface area contributed by atoms with Gasteiger partial charge in [0.1, 0.15) is 5.82 Å². The molecule has 0 bridgehead atoms. The number of hydrogen-bond acceptors (Lipinski definition) is 3. The van der Waals surface area contributed by atoms with Crippen LogP contribution in [-0.4, -0.2) is 43.5 Å². The molecule has 2 aromatic rings. The minimum atomic E-state index is -0.319. The molecule has 1 heterocycles. The molecule has 0 radical (unpaired) electrons. The van der Waals surface area contributed by atoms with Crippen molar-refractivity contribution in [1.82, 2.24) is 4.90 Å². The third-order valence-corrected chi connectivity index (χ3v) is 4.59. The lowest BCUT2D eigenvalue weighted by Crippen LogP contribution is -2.47. The number of rotatable bonds is 5. The zero-order chi connectivity index (χ0) is 18.5. The highest BCUT2D eigenvalue weighted by Gasteiger charge is 2.18. The van der Waals surface area contributed by atoms with Gasteiger partial charge in [-0.25, -0.2) is 4.39 Å². The largest absolute Gasteiger partial charge is 0.369 e. The van der Waals surface area contributed by atoms with E-state index in [2.05, 4.69) is 29.0 Å². The average Bonchev–Trinajstić information content (AvgIpc) is 2.64. The van der Waals surface area contributed by atoms with Gasteiger partial charge < -0.3 is 10.2 Å². The lowest BCUT2D eigenvalue weighted by atomic mass is 10.1. The van der Waals surface area contributed by atoms with Gasteiger partial charge in [0.25, 0.3) is 5.91 Å². The standard InChI is InChI=1S/C21H26FN3O/c1-16(2)15-24-11-13-25(14-12-24)20-9-3-17(4-10-20)21(26)23-19-7-5-18(22)6-8-19/h3-10,16H,11-15H2,1-2H3,(H,23,26). The van der Waals surface area contributed by atoms with Gasteiger partial charge in [-0.15, -0.1) is 0 Å². The van der Waals surface area contributed by atoms with Crippen LogP contribution in [0.1, 0.15) is 24.2 Å². The second-order valence-corrected chi connectivity index (χ2v) is 7.19. The molecule has 26 heavy (non-hydrogen) atoms. The topological polar surface area (TPSA) is 35.6 Å². The smallest absolute Gasteiger partial charge is 0.255 e. The molecule has 138 valence electrons. The number of anilines is 2. The molecule has 1 saturated heterocycles. The van der Waals surface area contributed by atoms with Crippen LogP contribution in [0.2, 0.25) is 0 Å². The highest BCUT2D eigenvalue weighted by atomic mass is 19.1. The van der Waals surface area contributed by atoms with Gasteiger partial charge in [-0.3, -0.25) is 9.69 Å². The number of nitrogens with one attached hydrogen (secondary N) is 1. The monoisotopic (exact) mass is 355 g/mol. The molecule has 0 spiro atoms. The fraction of sp³-hybridized carbons (Fsp3) is 0.381. The number of carbonyl (C=O) groups excluding carboxylic acids is 1. The van der Waals surface area contributed by atoms with Gasteiger partial charge in [0.05, 0.1) is 0 Å². The molecule has 1 aliphatic rings. The summed E-state index contributed by atoms with van der Waals surface area (Å²) in [4.78, 5) is 17.2. The van der Waals surface area contributed by atoms with Crippen molar-refractivity contribution >= 4 is 17.3 Å². The summed E-state index contributed by atoms with van der Waals surface area (Å²) in [6, 6.07) is 13.4. The van der Waals surface area contributed by atoms with Crippen molar-refractivity contribution in [2.45, 2.75) is 13.8 Å². The predicted molar refractivity (Wildman–Crippen MR) is 104 cm³/mol. The fourth-order valence-electron chi connectivity index (χ4n) is 3.27. The molecule has 3 rings (SSSR count). The molecule has 1 amide bonds. The number of nitrogens with zero attached hydrogens (tertiary/aromatic N) is 2. The first kappa shape index (κ1) is 18.4. The molecule has 0 unspecified atom stereocenters. The molecule has 4 nitrogen and oxygen atoms in total. The summed E-state index contributed by atoms with van der Waals surface area (Å²) in [5.41, 5.74) is 2.32. The Kier molecular flexibility index (Phi) is 5.89. The molecule has 5 heteroatoms. The molecule has 0 aromatic heterocycles. The number of benzene rings is 2. The number of piperazine rings is 1. The lowest BCUT2D eigenvalue weighted by molar-refractivity contribution is 0.102. The molecule has 0 aliphatic carbocycles. The molecule has 1 fully saturated rings. The van der Waals surface area contributed by atoms with Crippen LogP contribution in [0.4, 0.5) is 15.8 Å². The summed E-state index contributed by atoms with van der Waals surface area (Å²) in [6.45, 7) is 9.82. The molecule has 2 aromatic carbocycles. The summed E-state index contributed by atoms with van der Waals surface area (Å²) in [5, 5.41) is 2.78. The molecule has 0 saturated carbocycles. The first-order valence-corrected chi connectivity index (χ1v) is 9.15. The Morgan fingerprint density at radius 2 is 1.62 bits per heavy atom. The van der Waals surface area contributed by atoms with Crippen LogP contribution >= 0.6 is 0 Å². The van der Waals surface area contributed by atoms with E-state index in [1.807, 2.05) is 24.3 Å². The molecule has 1 N–H and O–H groups in total. The van der Waals surface area contributed by atoms with Crippen LogP contribution in [0.15, 0.2) is 48.5 Å². The quantitative estimate of drug-likeness (QED) is 0.885. The van der Waals surface area contributed by atoms with Gasteiger partial charge in [0.2, 0.25) is 0 Å². The van der Waals surface area contributed by atoms with Crippen molar-refractivity contribution in [3.8, 4) is 0 Å². The highest BCUT2D eigenvalue weighted by molar-refractivity contribution is 6.04. The first-order valence-electron chi connectivity index (χ1n) is 9.15. The maximum Gasteiger partial charge on any atom is 0.255 e. The van der Waals surface area contributed by atoms with E-state index in [0.717, 1.165) is 38.4 Å². The van der Waals surface area contributed by atoms with E-state index < -0.39 is 0 Å². The van der Waals surface area contributed by atoms with Crippen LogP contribution in [-0.2, 0) is 0 Å². The van der Waals surface area contributed by atoms with E-state index in [-0.39, 0.29) is 11.7 Å². The van der Waals surface area contributed by atoms with Gasteiger partial charge >= 0.3 is 0 Å². The Hall–Kier alpha value is -2.40. The van der Waals surface area contributed by atoms with E-state index >= 15 is 0 Å². The Balaban J connectivity index is 1.56. The maximum atomic E-state index is 12.9. The van der Waals surface area contributed by atoms with E-state index in [4.69, 9.17) is 0 Å². The summed E-state index contributed by atoms with van der Waals surface area (Å²) in [6.07, 6.45) is 0. The van der Waals surface area contributed by atoms with Crippen molar-refractivity contribution in [3.63, 3.8) is 0 Å². The molecular formula is C21H26FN3O. The molecular weight excluding hydrogens is 329 g/mol. The Morgan fingerprint density at radius 3 is 2.19 bits per heavy atom. The average molecular weight is 355 g/mol. The highest BCUT2D eigenvalue weighted by Crippen LogP contribution is 2.19. The van der Waals surface area contributed by atoms with Crippen molar-refractivity contribution in [2.24, 2.45) is 5.92 Å². The van der Waals surface area contributed by atoms with Gasteiger partial charge in [0.15, 0.2) is 0 Å². The van der Waals surface area contributed by atoms with Gasteiger partial charge in [-0.1, -0.05) is 13.8 Å². The van der Waals surface area contributed by atoms with Crippen LogP contribution in [0.25, 0.3) is 0 Å². The van der Waals surface area contributed by atoms with Crippen LogP contribution < -0.4 is 10.2 Å². The first-order chi connectivity index (χ1) is 12.5. The third kappa shape index (κ3) is 4.82. The van der Waals surface area contributed by atoms with E-state index in [1.54, 1.807) is 12.1 Å².